The van der Waals surface area contributed by atoms with Crippen molar-refractivity contribution < 1.29 is 13.3 Å². The molecule has 0 spiro atoms. The Balaban J connectivity index is 2.44. The molecule has 0 aromatic heterocycles. The van der Waals surface area contributed by atoms with E-state index in [1.807, 2.05) is 30.3 Å². The first-order valence-corrected chi connectivity index (χ1v) is 9.54. The third kappa shape index (κ3) is 5.90. The third-order valence-corrected chi connectivity index (χ3v) is 6.30. The summed E-state index contributed by atoms with van der Waals surface area (Å²) in [5.74, 6) is 0. The summed E-state index contributed by atoms with van der Waals surface area (Å²) in [6.07, 6.45) is 3.57. The first-order valence-electron chi connectivity index (χ1n) is 7.61. The van der Waals surface area contributed by atoms with Gasteiger partial charge in [-0.1, -0.05) is 30.9 Å². The maximum atomic E-state index is 5.84. The molecule has 0 aliphatic rings. The molecule has 0 saturated heterocycles. The quantitative estimate of drug-likeness (QED) is 0.457. The Bertz CT molecular complexity index is 439. The Labute approximate surface area is 134 Å². The highest BCUT2D eigenvalue weighted by atomic mass is 28.4. The van der Waals surface area contributed by atoms with Crippen LogP contribution in [-0.2, 0) is 13.3 Å². The molecule has 0 unspecified atom stereocenters. The van der Waals surface area contributed by atoms with Gasteiger partial charge in [0.15, 0.2) is 0 Å². The highest BCUT2D eigenvalue weighted by molar-refractivity contribution is 6.60. The highest BCUT2D eigenvalue weighted by Gasteiger charge is 2.38. The minimum atomic E-state index is -2.56. The van der Waals surface area contributed by atoms with Crippen molar-refractivity contribution in [1.82, 2.24) is 0 Å². The maximum absolute atomic E-state index is 5.84. The van der Waals surface area contributed by atoms with E-state index in [1.165, 1.54) is 0 Å². The van der Waals surface area contributed by atoms with Crippen molar-refractivity contribution in [3.8, 4) is 0 Å². The van der Waals surface area contributed by atoms with E-state index in [0.717, 1.165) is 36.7 Å². The zero-order chi connectivity index (χ0) is 16.3. The number of nitrogens with one attached hydrogen (secondary N) is 1. The summed E-state index contributed by atoms with van der Waals surface area (Å²) < 4.78 is 16.9. The molecule has 0 aliphatic heterocycles. The van der Waals surface area contributed by atoms with Crippen molar-refractivity contribution in [2.24, 2.45) is 5.73 Å². The number of hydrogen-bond donors (Lipinski definition) is 2. The van der Waals surface area contributed by atoms with E-state index in [4.69, 9.17) is 19.0 Å². The van der Waals surface area contributed by atoms with Crippen molar-refractivity contribution in [3.63, 3.8) is 0 Å². The lowest BCUT2D eigenvalue weighted by molar-refractivity contribution is 0.0974. The number of anilines is 1. The topological polar surface area (TPSA) is 65.7 Å². The van der Waals surface area contributed by atoms with Gasteiger partial charge in [-0.25, -0.2) is 0 Å². The van der Waals surface area contributed by atoms with Crippen LogP contribution in [-0.4, -0.2) is 42.7 Å². The van der Waals surface area contributed by atoms with E-state index in [2.05, 4.69) is 11.9 Å². The largest absolute Gasteiger partial charge is 0.500 e. The molecule has 3 N–H and O–H groups in total. The van der Waals surface area contributed by atoms with Gasteiger partial charge in [-0.3, -0.25) is 0 Å². The van der Waals surface area contributed by atoms with Crippen molar-refractivity contribution >= 4 is 20.6 Å². The third-order valence-electron chi connectivity index (χ3n) is 3.45. The van der Waals surface area contributed by atoms with E-state index < -0.39 is 8.80 Å². The van der Waals surface area contributed by atoms with Gasteiger partial charge >= 0.3 is 8.80 Å². The first kappa shape index (κ1) is 18.9. The summed E-state index contributed by atoms with van der Waals surface area (Å²) in [6.45, 7) is 5.84. The molecule has 1 rings (SSSR count). The molecule has 1 aromatic carbocycles. The van der Waals surface area contributed by atoms with Crippen LogP contribution in [0, 0.1) is 0 Å². The standard InChI is InChI=1S/C16H28N2O3Si/c1-4-15-9-5-6-10-16(15)18-12-8-14-22(19-2,20-3)21-13-7-11-17/h4-6,9-10,18H,1,7-8,11-14,17H2,2-3H3. The molecule has 5 nitrogen and oxygen atoms in total. The summed E-state index contributed by atoms with van der Waals surface area (Å²) in [4.78, 5) is 0. The zero-order valence-electron chi connectivity index (χ0n) is 13.6. The average Bonchev–Trinajstić information content (AvgIpc) is 2.57. The van der Waals surface area contributed by atoms with E-state index in [-0.39, 0.29) is 0 Å². The minimum Gasteiger partial charge on any atom is -0.385 e. The van der Waals surface area contributed by atoms with Crippen LogP contribution in [0.4, 0.5) is 5.69 Å². The summed E-state index contributed by atoms with van der Waals surface area (Å²) in [5.41, 5.74) is 7.68. The Hall–Kier alpha value is -1.18. The van der Waals surface area contributed by atoms with Crippen LogP contribution in [0.15, 0.2) is 30.8 Å². The fraction of sp³-hybridized carbons (Fsp3) is 0.500. The van der Waals surface area contributed by atoms with Crippen molar-refractivity contribution in [2.45, 2.75) is 18.9 Å². The van der Waals surface area contributed by atoms with Crippen molar-refractivity contribution in [3.05, 3.63) is 36.4 Å². The average molecular weight is 324 g/mol. The molecule has 0 heterocycles. The van der Waals surface area contributed by atoms with Gasteiger partial charge < -0.3 is 24.3 Å². The van der Waals surface area contributed by atoms with E-state index in [0.29, 0.717) is 13.2 Å². The zero-order valence-corrected chi connectivity index (χ0v) is 14.6. The molecule has 6 heteroatoms. The van der Waals surface area contributed by atoms with Crippen LogP contribution in [0.5, 0.6) is 0 Å². The van der Waals surface area contributed by atoms with Crippen LogP contribution < -0.4 is 11.1 Å². The number of nitrogens with two attached hydrogens (primary N) is 1. The summed E-state index contributed by atoms with van der Waals surface area (Å²) in [7, 11) is 0.746. The van der Waals surface area contributed by atoms with Crippen molar-refractivity contribution in [2.75, 3.05) is 39.2 Å². The van der Waals surface area contributed by atoms with Gasteiger partial charge in [0.1, 0.15) is 0 Å². The SMILES string of the molecule is C=Cc1ccccc1NCCC[Si](OC)(OC)OCCCN. The molecular formula is C16H28N2O3Si. The fourth-order valence-corrected chi connectivity index (χ4v) is 4.17. The Morgan fingerprint density at radius 1 is 1.23 bits per heavy atom. The Morgan fingerprint density at radius 3 is 2.59 bits per heavy atom. The van der Waals surface area contributed by atoms with Gasteiger partial charge in [0.05, 0.1) is 0 Å². The molecule has 22 heavy (non-hydrogen) atoms. The second kappa shape index (κ2) is 10.5. The van der Waals surface area contributed by atoms with Gasteiger partial charge in [0, 0.05) is 39.1 Å². The monoisotopic (exact) mass is 324 g/mol. The molecule has 0 fully saturated rings. The molecule has 0 atom stereocenters. The predicted molar refractivity (Wildman–Crippen MR) is 93.8 cm³/mol. The smallest absolute Gasteiger partial charge is 0.385 e. The van der Waals surface area contributed by atoms with Crippen LogP contribution in [0.3, 0.4) is 0 Å². The Morgan fingerprint density at radius 2 is 1.95 bits per heavy atom. The van der Waals surface area contributed by atoms with Gasteiger partial charge in [-0.2, -0.15) is 0 Å². The highest BCUT2D eigenvalue weighted by Crippen LogP contribution is 2.19. The summed E-state index contributed by atoms with van der Waals surface area (Å²) >= 11 is 0. The predicted octanol–water partition coefficient (Wildman–Crippen LogP) is 2.73. The normalized spacial score (nSPS) is 11.4. The second-order valence-corrected chi connectivity index (χ2v) is 7.87. The van der Waals surface area contributed by atoms with Crippen molar-refractivity contribution in [1.29, 1.82) is 0 Å². The lowest BCUT2D eigenvalue weighted by Gasteiger charge is -2.26. The van der Waals surface area contributed by atoms with Gasteiger partial charge in [0.25, 0.3) is 0 Å². The van der Waals surface area contributed by atoms with Gasteiger partial charge in [-0.15, -0.1) is 0 Å². The molecule has 124 valence electrons. The molecule has 0 saturated carbocycles. The van der Waals surface area contributed by atoms with Gasteiger partial charge in [-0.05, 0) is 31.0 Å². The number of para-hydroxylation sites is 1. The molecule has 0 aliphatic carbocycles. The van der Waals surface area contributed by atoms with Gasteiger partial charge in [0.2, 0.25) is 0 Å². The summed E-state index contributed by atoms with van der Waals surface area (Å²) in [5, 5.41) is 3.42. The van der Waals surface area contributed by atoms with Crippen LogP contribution in [0.1, 0.15) is 18.4 Å². The maximum Gasteiger partial charge on any atom is 0.500 e. The fourth-order valence-electron chi connectivity index (χ4n) is 2.15. The molecule has 0 amide bonds. The lowest BCUT2D eigenvalue weighted by atomic mass is 10.2. The summed E-state index contributed by atoms with van der Waals surface area (Å²) in [6, 6.07) is 8.87. The number of hydrogen-bond acceptors (Lipinski definition) is 5. The van der Waals surface area contributed by atoms with Crippen LogP contribution in [0.2, 0.25) is 6.04 Å². The lowest BCUT2D eigenvalue weighted by Crippen LogP contribution is -2.44. The minimum absolute atomic E-state index is 0.580. The molecule has 0 bridgehead atoms. The van der Waals surface area contributed by atoms with E-state index >= 15 is 0 Å². The van der Waals surface area contributed by atoms with Crippen LogP contribution >= 0.6 is 0 Å². The number of rotatable bonds is 12. The molecule has 0 radical (unpaired) electrons. The van der Waals surface area contributed by atoms with Crippen LogP contribution in [0.25, 0.3) is 6.08 Å². The van der Waals surface area contributed by atoms with E-state index in [1.54, 1.807) is 14.2 Å². The second-order valence-electron chi connectivity index (χ2n) is 4.90. The first-order chi connectivity index (χ1) is 10.7. The molecule has 1 aromatic rings. The molecular weight excluding hydrogens is 296 g/mol. The number of benzene rings is 1. The van der Waals surface area contributed by atoms with E-state index in [9.17, 15) is 0 Å². The Kier molecular flexibility index (Phi) is 9.03.